The molecule has 2 aromatic rings. The molecule has 8 heteroatoms. The monoisotopic (exact) mass is 393 g/mol. The van der Waals surface area contributed by atoms with E-state index in [4.69, 9.17) is 0 Å². The first-order chi connectivity index (χ1) is 13.3. The van der Waals surface area contributed by atoms with Crippen molar-refractivity contribution >= 4 is 17.8 Å². The topological polar surface area (TPSA) is 54.5 Å². The third-order valence-corrected chi connectivity index (χ3v) is 3.92. The van der Waals surface area contributed by atoms with Gasteiger partial charge in [0.15, 0.2) is 0 Å². The van der Waals surface area contributed by atoms with E-state index >= 15 is 0 Å². The number of nitrogens with one attached hydrogen (secondary N) is 1. The molecule has 0 spiro atoms. The van der Waals surface area contributed by atoms with Gasteiger partial charge in [0.05, 0.1) is 0 Å². The Morgan fingerprint density at radius 2 is 1.89 bits per heavy atom. The number of hydrogen-bond acceptors (Lipinski definition) is 4. The summed E-state index contributed by atoms with van der Waals surface area (Å²) < 4.78 is 41.2. The number of benzene rings is 1. The summed E-state index contributed by atoms with van der Waals surface area (Å²) >= 11 is 0. The second-order valence-electron chi connectivity index (χ2n) is 5.83. The molecule has 0 atom stereocenters. The van der Waals surface area contributed by atoms with Crippen LogP contribution in [0.25, 0.3) is 6.08 Å². The molecule has 1 aromatic carbocycles. The molecule has 1 N–H and O–H groups in total. The van der Waals surface area contributed by atoms with Gasteiger partial charge in [0.1, 0.15) is 11.6 Å². The number of pyridine rings is 1. The zero-order chi connectivity index (χ0) is 20.6. The van der Waals surface area contributed by atoms with Crippen molar-refractivity contribution in [2.24, 2.45) is 0 Å². The predicted molar refractivity (Wildman–Crippen MR) is 102 cm³/mol. The maximum atomic E-state index is 12.4. The summed E-state index contributed by atoms with van der Waals surface area (Å²) in [6.07, 6.45) is -0.672. The van der Waals surface area contributed by atoms with Gasteiger partial charge in [-0.2, -0.15) is 0 Å². The normalized spacial score (nSPS) is 11.5. The molecule has 28 heavy (non-hydrogen) atoms. The van der Waals surface area contributed by atoms with E-state index in [0.717, 1.165) is 30.5 Å². The number of anilines is 1. The summed E-state index contributed by atoms with van der Waals surface area (Å²) in [6.45, 7) is 6.05. The van der Waals surface area contributed by atoms with Crippen molar-refractivity contribution < 1.29 is 22.7 Å². The fraction of sp³-hybridized carbons (Fsp3) is 0.300. The maximum absolute atomic E-state index is 12.4. The maximum Gasteiger partial charge on any atom is 0.573 e. The summed E-state index contributed by atoms with van der Waals surface area (Å²) in [6, 6.07) is 9.36. The summed E-state index contributed by atoms with van der Waals surface area (Å²) in [5.74, 6) is 0.0612. The second-order valence-corrected chi connectivity index (χ2v) is 5.83. The number of carbonyl (C=O) groups is 1. The first kappa shape index (κ1) is 21.3. The Morgan fingerprint density at radius 3 is 2.50 bits per heavy atom. The van der Waals surface area contributed by atoms with Gasteiger partial charge in [-0.15, -0.1) is 13.2 Å². The highest BCUT2D eigenvalue weighted by molar-refractivity contribution is 5.92. The Bertz CT molecular complexity index is 801. The van der Waals surface area contributed by atoms with E-state index in [1.54, 1.807) is 12.3 Å². The molecule has 0 aliphatic heterocycles. The molecule has 150 valence electrons. The summed E-state index contributed by atoms with van der Waals surface area (Å²) in [7, 11) is 0. The van der Waals surface area contributed by atoms with E-state index in [9.17, 15) is 18.0 Å². The first-order valence-electron chi connectivity index (χ1n) is 8.83. The lowest BCUT2D eigenvalue weighted by atomic mass is 10.2. The van der Waals surface area contributed by atoms with Crippen molar-refractivity contribution in [1.82, 2.24) is 10.3 Å². The molecule has 0 unspecified atom stereocenters. The SMILES string of the molecule is CCN(CC)c1ccc(CNC(=O)C=Cc2ccccc2OC(F)(F)F)cn1. The van der Waals surface area contributed by atoms with Crippen LogP contribution in [0.5, 0.6) is 5.75 Å². The Kier molecular flexibility index (Phi) is 7.43. The zero-order valence-corrected chi connectivity index (χ0v) is 15.7. The van der Waals surface area contributed by atoms with Crippen LogP contribution in [0.4, 0.5) is 19.0 Å². The number of para-hydroxylation sites is 1. The lowest BCUT2D eigenvalue weighted by Gasteiger charge is -2.19. The molecule has 1 heterocycles. The number of hydrogen-bond donors (Lipinski definition) is 1. The van der Waals surface area contributed by atoms with E-state index in [1.165, 1.54) is 24.3 Å². The van der Waals surface area contributed by atoms with Crippen LogP contribution in [-0.2, 0) is 11.3 Å². The highest BCUT2D eigenvalue weighted by Crippen LogP contribution is 2.26. The van der Waals surface area contributed by atoms with Crippen LogP contribution in [0.15, 0.2) is 48.7 Å². The number of ether oxygens (including phenoxy) is 1. The molecule has 0 aliphatic carbocycles. The number of rotatable bonds is 8. The predicted octanol–water partition coefficient (Wildman–Crippen LogP) is 4.16. The van der Waals surface area contributed by atoms with Crippen molar-refractivity contribution in [3.63, 3.8) is 0 Å². The molecule has 2 rings (SSSR count). The number of alkyl halides is 3. The van der Waals surface area contributed by atoms with Gasteiger partial charge in [0.25, 0.3) is 0 Å². The van der Waals surface area contributed by atoms with Crippen LogP contribution in [0.3, 0.4) is 0 Å². The summed E-state index contributed by atoms with van der Waals surface area (Å²) in [5.41, 5.74) is 0.971. The molecular formula is C20H22F3N3O2. The van der Waals surface area contributed by atoms with Crippen molar-refractivity contribution in [3.05, 3.63) is 59.8 Å². The fourth-order valence-electron chi connectivity index (χ4n) is 2.51. The lowest BCUT2D eigenvalue weighted by Crippen LogP contribution is -2.23. The van der Waals surface area contributed by atoms with Gasteiger partial charge in [-0.25, -0.2) is 4.98 Å². The highest BCUT2D eigenvalue weighted by Gasteiger charge is 2.31. The van der Waals surface area contributed by atoms with Gasteiger partial charge < -0.3 is 15.0 Å². The number of carbonyl (C=O) groups excluding carboxylic acids is 1. The second kappa shape index (κ2) is 9.77. The molecule has 0 aliphatic rings. The van der Waals surface area contributed by atoms with Gasteiger partial charge in [-0.1, -0.05) is 24.3 Å². The Balaban J connectivity index is 1.94. The van der Waals surface area contributed by atoms with E-state index in [2.05, 4.69) is 19.9 Å². The number of aromatic nitrogens is 1. The van der Waals surface area contributed by atoms with Crippen LogP contribution >= 0.6 is 0 Å². The molecule has 0 fully saturated rings. The lowest BCUT2D eigenvalue weighted by molar-refractivity contribution is -0.274. The van der Waals surface area contributed by atoms with Crippen LogP contribution in [0.2, 0.25) is 0 Å². The van der Waals surface area contributed by atoms with Gasteiger partial charge in [0, 0.05) is 37.5 Å². The van der Waals surface area contributed by atoms with Gasteiger partial charge >= 0.3 is 6.36 Å². The smallest absolute Gasteiger partial charge is 0.405 e. The van der Waals surface area contributed by atoms with Gasteiger partial charge in [-0.05, 0) is 37.6 Å². The minimum absolute atomic E-state index is 0.153. The average molecular weight is 393 g/mol. The number of nitrogens with zero attached hydrogens (tertiary/aromatic N) is 2. The minimum Gasteiger partial charge on any atom is -0.405 e. The average Bonchev–Trinajstić information content (AvgIpc) is 2.66. The Morgan fingerprint density at radius 1 is 1.18 bits per heavy atom. The molecule has 5 nitrogen and oxygen atoms in total. The van der Waals surface area contributed by atoms with Crippen LogP contribution in [0.1, 0.15) is 25.0 Å². The van der Waals surface area contributed by atoms with E-state index in [-0.39, 0.29) is 17.9 Å². The van der Waals surface area contributed by atoms with Crippen molar-refractivity contribution in [2.75, 3.05) is 18.0 Å². The zero-order valence-electron chi connectivity index (χ0n) is 15.7. The van der Waals surface area contributed by atoms with Crippen LogP contribution < -0.4 is 15.0 Å². The molecule has 0 saturated heterocycles. The first-order valence-corrected chi connectivity index (χ1v) is 8.83. The van der Waals surface area contributed by atoms with Crippen LogP contribution in [0, 0.1) is 0 Å². The van der Waals surface area contributed by atoms with Crippen molar-refractivity contribution in [3.8, 4) is 5.75 Å². The Labute approximate surface area is 161 Å². The van der Waals surface area contributed by atoms with Crippen LogP contribution in [-0.4, -0.2) is 30.3 Å². The molecule has 0 bridgehead atoms. The summed E-state index contributed by atoms with van der Waals surface area (Å²) in [5, 5.41) is 2.67. The summed E-state index contributed by atoms with van der Waals surface area (Å²) in [4.78, 5) is 18.4. The van der Waals surface area contributed by atoms with E-state index in [0.29, 0.717) is 0 Å². The number of halogens is 3. The fourth-order valence-corrected chi connectivity index (χ4v) is 2.51. The Hall–Kier alpha value is -3.03. The van der Waals surface area contributed by atoms with E-state index in [1.807, 2.05) is 26.0 Å². The third-order valence-electron chi connectivity index (χ3n) is 3.92. The molecule has 1 amide bonds. The molecule has 1 aromatic heterocycles. The molecule has 0 saturated carbocycles. The van der Waals surface area contributed by atoms with Gasteiger partial charge in [0.2, 0.25) is 5.91 Å². The highest BCUT2D eigenvalue weighted by atomic mass is 19.4. The largest absolute Gasteiger partial charge is 0.573 e. The quantitative estimate of drug-likeness (QED) is 0.685. The molecular weight excluding hydrogens is 371 g/mol. The van der Waals surface area contributed by atoms with Crippen molar-refractivity contribution in [2.45, 2.75) is 26.8 Å². The van der Waals surface area contributed by atoms with Gasteiger partial charge in [-0.3, -0.25) is 4.79 Å². The standard InChI is InChI=1S/C20H22F3N3O2/c1-3-26(4-2)18-11-9-15(13-24-18)14-25-19(27)12-10-16-7-5-6-8-17(16)28-20(21,22)23/h5-13H,3-4,14H2,1-2H3,(H,25,27). The number of amides is 1. The third kappa shape index (κ3) is 6.61. The van der Waals surface area contributed by atoms with Crippen molar-refractivity contribution in [1.29, 1.82) is 0 Å². The van der Waals surface area contributed by atoms with E-state index < -0.39 is 12.3 Å². The minimum atomic E-state index is -4.80. The molecule has 0 radical (unpaired) electrons.